The van der Waals surface area contributed by atoms with Crippen LogP contribution in [0.15, 0.2) is 30.5 Å². The molecule has 1 aromatic heterocycles. The molecule has 26 heavy (non-hydrogen) atoms. The normalized spacial score (nSPS) is 15.1. The molecule has 3 N–H and O–H groups in total. The maximum Gasteiger partial charge on any atom is 0.329 e. The molecule has 1 saturated heterocycles. The van der Waals surface area contributed by atoms with Crippen molar-refractivity contribution in [3.8, 4) is 0 Å². The fourth-order valence-corrected chi connectivity index (χ4v) is 2.94. The second-order valence-electron chi connectivity index (χ2n) is 5.91. The summed E-state index contributed by atoms with van der Waals surface area (Å²) in [7, 11) is 0. The van der Waals surface area contributed by atoms with Gasteiger partial charge in [0.1, 0.15) is 6.20 Å². The highest BCUT2D eigenvalue weighted by Gasteiger charge is 2.26. The Morgan fingerprint density at radius 1 is 1.23 bits per heavy atom. The third-order valence-corrected chi connectivity index (χ3v) is 4.42. The van der Waals surface area contributed by atoms with Crippen molar-refractivity contribution in [2.75, 3.05) is 49.5 Å². The number of halogens is 1. The van der Waals surface area contributed by atoms with E-state index < -0.39 is 4.92 Å². The highest BCUT2D eigenvalue weighted by Crippen LogP contribution is 2.28. The van der Waals surface area contributed by atoms with Crippen LogP contribution >= 0.6 is 11.6 Å². The number of nitrogens with two attached hydrogens (primary N) is 1. The molecule has 0 saturated carbocycles. The van der Waals surface area contributed by atoms with Gasteiger partial charge in [-0.05, 0) is 24.3 Å². The quantitative estimate of drug-likeness (QED) is 0.579. The van der Waals surface area contributed by atoms with Crippen molar-refractivity contribution >= 4 is 34.7 Å². The van der Waals surface area contributed by atoms with Crippen LogP contribution in [-0.2, 0) is 0 Å². The molecule has 1 aliphatic rings. The largest absolute Gasteiger partial charge is 0.348 e. The highest BCUT2D eigenvalue weighted by molar-refractivity contribution is 6.30. The van der Waals surface area contributed by atoms with Crippen LogP contribution in [-0.4, -0.2) is 59.1 Å². The van der Waals surface area contributed by atoms with Gasteiger partial charge in [-0.25, -0.2) is 4.98 Å². The average molecular weight is 378 g/mol. The number of benzene rings is 1. The van der Waals surface area contributed by atoms with Gasteiger partial charge in [-0.1, -0.05) is 11.6 Å². The lowest BCUT2D eigenvalue weighted by atomic mass is 10.3. The summed E-state index contributed by atoms with van der Waals surface area (Å²) in [4.78, 5) is 23.5. The minimum atomic E-state index is -0.451. The van der Waals surface area contributed by atoms with Crippen LogP contribution in [0.4, 0.5) is 23.1 Å². The molecule has 0 amide bonds. The number of nitrogens with zero attached hydrogens (tertiary/aromatic N) is 5. The molecule has 0 radical (unpaired) electrons. The molecule has 10 heteroatoms. The summed E-state index contributed by atoms with van der Waals surface area (Å²) in [5.41, 5.74) is 6.24. The van der Waals surface area contributed by atoms with Crippen molar-refractivity contribution in [3.63, 3.8) is 0 Å². The van der Waals surface area contributed by atoms with E-state index in [9.17, 15) is 10.1 Å². The molecule has 0 aliphatic carbocycles. The number of aromatic nitrogens is 2. The summed E-state index contributed by atoms with van der Waals surface area (Å²) < 4.78 is 0. The molecule has 0 spiro atoms. The number of rotatable bonds is 6. The van der Waals surface area contributed by atoms with Gasteiger partial charge in [0, 0.05) is 50.0 Å². The monoisotopic (exact) mass is 377 g/mol. The first-order valence-corrected chi connectivity index (χ1v) is 8.66. The topological polar surface area (TPSA) is 113 Å². The van der Waals surface area contributed by atoms with Crippen LogP contribution in [0, 0.1) is 10.1 Å². The van der Waals surface area contributed by atoms with Crippen LogP contribution < -0.4 is 16.0 Å². The Balaban J connectivity index is 1.80. The van der Waals surface area contributed by atoms with Crippen LogP contribution in [0.1, 0.15) is 0 Å². The second-order valence-corrected chi connectivity index (χ2v) is 6.35. The molecule has 2 aromatic rings. The average Bonchev–Trinajstić information content (AvgIpc) is 2.64. The smallest absolute Gasteiger partial charge is 0.329 e. The molecule has 0 unspecified atom stereocenters. The Hall–Kier alpha value is -2.49. The lowest BCUT2D eigenvalue weighted by molar-refractivity contribution is -0.384. The predicted octanol–water partition coefficient (Wildman–Crippen LogP) is 1.86. The number of anilines is 3. The molecular weight excluding hydrogens is 358 g/mol. The maximum absolute atomic E-state index is 11.4. The fourth-order valence-electron chi connectivity index (χ4n) is 2.82. The van der Waals surface area contributed by atoms with E-state index in [-0.39, 0.29) is 5.69 Å². The van der Waals surface area contributed by atoms with Gasteiger partial charge in [-0.3, -0.25) is 15.0 Å². The van der Waals surface area contributed by atoms with E-state index in [1.54, 1.807) is 24.3 Å². The molecule has 2 heterocycles. The van der Waals surface area contributed by atoms with Gasteiger partial charge in [-0.15, -0.1) is 0 Å². The molecule has 1 aromatic carbocycles. The van der Waals surface area contributed by atoms with Gasteiger partial charge in [0.15, 0.2) is 0 Å². The molecular formula is C16H20ClN7O2. The van der Waals surface area contributed by atoms with Crippen LogP contribution in [0.25, 0.3) is 0 Å². The van der Waals surface area contributed by atoms with Gasteiger partial charge in [0.25, 0.3) is 0 Å². The van der Waals surface area contributed by atoms with Gasteiger partial charge < -0.3 is 16.0 Å². The summed E-state index contributed by atoms with van der Waals surface area (Å²) in [5, 5.41) is 15.0. The summed E-state index contributed by atoms with van der Waals surface area (Å²) in [6, 6.07) is 7.07. The van der Waals surface area contributed by atoms with Crippen LogP contribution in [0.5, 0.6) is 0 Å². The first-order valence-electron chi connectivity index (χ1n) is 8.28. The van der Waals surface area contributed by atoms with Crippen molar-refractivity contribution in [2.45, 2.75) is 0 Å². The van der Waals surface area contributed by atoms with Crippen molar-refractivity contribution in [2.24, 2.45) is 5.73 Å². The molecule has 3 rings (SSSR count). The Kier molecular flexibility index (Phi) is 5.82. The zero-order valence-corrected chi connectivity index (χ0v) is 14.9. The number of hydrogen-bond donors (Lipinski definition) is 2. The third kappa shape index (κ3) is 4.37. The first kappa shape index (κ1) is 18.3. The molecule has 1 aliphatic heterocycles. The number of nitrogens with one attached hydrogen (secondary N) is 1. The number of hydrogen-bond acceptors (Lipinski definition) is 8. The lowest BCUT2D eigenvalue weighted by Crippen LogP contribution is -2.48. The standard InChI is InChI=1S/C16H20ClN7O2/c17-12-1-3-13(4-2-12)20-16-19-11-14(24(25)26)15(21-16)23-9-7-22(6-5-18)8-10-23/h1-4,11H,5-10,18H2,(H,19,20,21). The van der Waals surface area contributed by atoms with Gasteiger partial charge >= 0.3 is 5.69 Å². The lowest BCUT2D eigenvalue weighted by Gasteiger charge is -2.34. The minimum absolute atomic E-state index is 0.0982. The minimum Gasteiger partial charge on any atom is -0.348 e. The Bertz CT molecular complexity index is 764. The summed E-state index contributed by atoms with van der Waals surface area (Å²) in [6.07, 6.45) is 1.24. The Labute approximate surface area is 155 Å². The fraction of sp³-hybridized carbons (Fsp3) is 0.375. The highest BCUT2D eigenvalue weighted by atomic mass is 35.5. The van der Waals surface area contributed by atoms with Gasteiger partial charge in [-0.2, -0.15) is 4.98 Å². The van der Waals surface area contributed by atoms with Crippen LogP contribution in [0.3, 0.4) is 0 Å². The molecule has 0 bridgehead atoms. The zero-order valence-electron chi connectivity index (χ0n) is 14.1. The van der Waals surface area contributed by atoms with E-state index in [0.29, 0.717) is 36.4 Å². The van der Waals surface area contributed by atoms with E-state index in [2.05, 4.69) is 20.2 Å². The molecule has 9 nitrogen and oxygen atoms in total. The van der Waals surface area contributed by atoms with Crippen molar-refractivity contribution in [1.82, 2.24) is 14.9 Å². The maximum atomic E-state index is 11.4. The van der Waals surface area contributed by atoms with E-state index in [1.165, 1.54) is 6.20 Å². The second kappa shape index (κ2) is 8.26. The van der Waals surface area contributed by atoms with Gasteiger partial charge in [0.2, 0.25) is 11.8 Å². The SMILES string of the molecule is NCCN1CCN(c2nc(Nc3ccc(Cl)cc3)ncc2[N+](=O)[O-])CC1. The van der Waals surface area contributed by atoms with Crippen molar-refractivity contribution < 1.29 is 4.92 Å². The number of piperazine rings is 1. The van der Waals surface area contributed by atoms with Crippen LogP contribution in [0.2, 0.25) is 5.02 Å². The van der Waals surface area contributed by atoms with Gasteiger partial charge in [0.05, 0.1) is 4.92 Å². The Morgan fingerprint density at radius 3 is 2.54 bits per heavy atom. The molecule has 0 atom stereocenters. The zero-order chi connectivity index (χ0) is 18.5. The third-order valence-electron chi connectivity index (χ3n) is 4.16. The van der Waals surface area contributed by atoms with E-state index in [0.717, 1.165) is 25.3 Å². The summed E-state index contributed by atoms with van der Waals surface area (Å²) >= 11 is 5.88. The van der Waals surface area contributed by atoms with Crippen molar-refractivity contribution in [1.29, 1.82) is 0 Å². The first-order chi connectivity index (χ1) is 12.6. The van der Waals surface area contributed by atoms with E-state index in [1.807, 2.05) is 4.90 Å². The molecule has 138 valence electrons. The van der Waals surface area contributed by atoms with E-state index >= 15 is 0 Å². The summed E-state index contributed by atoms with van der Waals surface area (Å²) in [6.45, 7) is 4.30. The van der Waals surface area contributed by atoms with E-state index in [4.69, 9.17) is 17.3 Å². The summed E-state index contributed by atoms with van der Waals surface area (Å²) in [5.74, 6) is 0.631. The molecule has 1 fully saturated rings. The van der Waals surface area contributed by atoms with Crippen molar-refractivity contribution in [3.05, 3.63) is 45.6 Å². The number of nitro groups is 1. The predicted molar refractivity (Wildman–Crippen MR) is 101 cm³/mol. The Morgan fingerprint density at radius 2 is 1.92 bits per heavy atom.